The van der Waals surface area contributed by atoms with Crippen molar-refractivity contribution in [3.63, 3.8) is 0 Å². The first-order valence-corrected chi connectivity index (χ1v) is 5.90. The molecule has 2 aromatic rings. The molecule has 0 aromatic carbocycles. The lowest BCUT2D eigenvalue weighted by atomic mass is 10.4. The van der Waals surface area contributed by atoms with Gasteiger partial charge in [0.1, 0.15) is 5.01 Å². The maximum absolute atomic E-state index is 4.13. The van der Waals surface area contributed by atoms with Gasteiger partial charge in [0, 0.05) is 6.20 Å². The molecule has 0 saturated heterocycles. The summed E-state index contributed by atoms with van der Waals surface area (Å²) in [4.78, 5) is 5.10. The molecule has 0 spiro atoms. The molecule has 2 heterocycles. The Morgan fingerprint density at radius 1 is 1.43 bits per heavy atom. The first-order chi connectivity index (χ1) is 6.81. The van der Waals surface area contributed by atoms with Gasteiger partial charge in [0.25, 0.3) is 0 Å². The molecule has 2 rings (SSSR count). The van der Waals surface area contributed by atoms with Crippen molar-refractivity contribution in [2.45, 2.75) is 13.0 Å². The Bertz CT molecular complexity index is 395. The Morgan fingerprint density at radius 3 is 2.93 bits per heavy atom. The average Bonchev–Trinajstić information content (AvgIpc) is 2.86. The second-order valence-corrected chi connectivity index (χ2v) is 4.72. The highest BCUT2D eigenvalue weighted by Crippen LogP contribution is 2.28. The van der Waals surface area contributed by atoms with E-state index in [0.29, 0.717) is 0 Å². The molecule has 0 amide bonds. The highest BCUT2D eigenvalue weighted by molar-refractivity contribution is 7.20. The van der Waals surface area contributed by atoms with Crippen LogP contribution in [0.2, 0.25) is 0 Å². The Morgan fingerprint density at radius 2 is 2.29 bits per heavy atom. The number of rotatable bonds is 3. The van der Waals surface area contributed by atoms with Gasteiger partial charge in [-0.3, -0.25) is 4.98 Å². The first kappa shape index (κ1) is 9.70. The SMILES string of the molecule is CNC(C)c1nnc(-c2cncs2)s1. The molecular weight excluding hydrogens is 216 g/mol. The highest BCUT2D eigenvalue weighted by atomic mass is 32.1. The number of thiazole rings is 1. The Labute approximate surface area is 90.0 Å². The van der Waals surface area contributed by atoms with Crippen molar-refractivity contribution in [3.05, 3.63) is 16.7 Å². The lowest BCUT2D eigenvalue weighted by molar-refractivity contribution is 0.640. The van der Waals surface area contributed by atoms with Gasteiger partial charge in [0.15, 0.2) is 5.01 Å². The maximum atomic E-state index is 4.13. The van der Waals surface area contributed by atoms with Gasteiger partial charge in [-0.25, -0.2) is 0 Å². The van der Waals surface area contributed by atoms with Crippen LogP contribution in [0.4, 0.5) is 0 Å². The summed E-state index contributed by atoms with van der Waals surface area (Å²) in [7, 11) is 1.92. The third kappa shape index (κ3) is 1.82. The van der Waals surface area contributed by atoms with Crippen LogP contribution < -0.4 is 5.32 Å². The van der Waals surface area contributed by atoms with Gasteiger partial charge in [0.05, 0.1) is 16.4 Å². The van der Waals surface area contributed by atoms with Crippen LogP contribution in [0.3, 0.4) is 0 Å². The summed E-state index contributed by atoms with van der Waals surface area (Å²) in [6.45, 7) is 2.07. The molecule has 1 N–H and O–H groups in total. The summed E-state index contributed by atoms with van der Waals surface area (Å²) in [5, 5.41) is 13.3. The predicted octanol–water partition coefficient (Wildman–Crippen LogP) is 1.94. The quantitative estimate of drug-likeness (QED) is 0.869. The molecule has 2 aromatic heterocycles. The van der Waals surface area contributed by atoms with E-state index in [1.807, 2.05) is 13.2 Å². The summed E-state index contributed by atoms with van der Waals surface area (Å²) in [6, 6.07) is 0.258. The van der Waals surface area contributed by atoms with Crippen molar-refractivity contribution in [2.75, 3.05) is 7.05 Å². The van der Waals surface area contributed by atoms with Crippen molar-refractivity contribution in [2.24, 2.45) is 0 Å². The minimum absolute atomic E-state index is 0.258. The van der Waals surface area contributed by atoms with Crippen LogP contribution in [0.25, 0.3) is 9.88 Å². The van der Waals surface area contributed by atoms with Gasteiger partial charge < -0.3 is 5.32 Å². The molecule has 0 aliphatic rings. The average molecular weight is 226 g/mol. The molecule has 0 aliphatic heterocycles. The third-order valence-electron chi connectivity index (χ3n) is 1.89. The molecule has 0 aliphatic carbocycles. The number of hydrogen-bond donors (Lipinski definition) is 1. The molecule has 1 unspecified atom stereocenters. The van der Waals surface area contributed by atoms with Gasteiger partial charge in [-0.15, -0.1) is 21.5 Å². The Hall–Kier alpha value is -0.850. The maximum Gasteiger partial charge on any atom is 0.159 e. The summed E-state index contributed by atoms with van der Waals surface area (Å²) in [6.07, 6.45) is 1.82. The summed E-state index contributed by atoms with van der Waals surface area (Å²) >= 11 is 3.19. The van der Waals surface area contributed by atoms with Crippen molar-refractivity contribution < 1.29 is 0 Å². The van der Waals surface area contributed by atoms with E-state index in [0.717, 1.165) is 14.9 Å². The monoisotopic (exact) mass is 226 g/mol. The molecule has 1 atom stereocenters. The number of aromatic nitrogens is 3. The fraction of sp³-hybridized carbons (Fsp3) is 0.375. The number of hydrogen-bond acceptors (Lipinski definition) is 6. The van der Waals surface area contributed by atoms with Gasteiger partial charge in [-0.1, -0.05) is 11.3 Å². The highest BCUT2D eigenvalue weighted by Gasteiger charge is 2.11. The van der Waals surface area contributed by atoms with E-state index in [4.69, 9.17) is 0 Å². The minimum Gasteiger partial charge on any atom is -0.311 e. The minimum atomic E-state index is 0.258. The van der Waals surface area contributed by atoms with Crippen LogP contribution in [0.1, 0.15) is 18.0 Å². The van der Waals surface area contributed by atoms with E-state index in [-0.39, 0.29) is 6.04 Å². The van der Waals surface area contributed by atoms with E-state index in [9.17, 15) is 0 Å². The molecule has 14 heavy (non-hydrogen) atoms. The summed E-state index contributed by atoms with van der Waals surface area (Å²) in [5.74, 6) is 0. The second-order valence-electron chi connectivity index (χ2n) is 2.82. The second kappa shape index (κ2) is 4.12. The van der Waals surface area contributed by atoms with Crippen molar-refractivity contribution in [1.29, 1.82) is 0 Å². The Kier molecular flexibility index (Phi) is 2.85. The van der Waals surface area contributed by atoms with E-state index >= 15 is 0 Å². The van der Waals surface area contributed by atoms with Crippen LogP contribution >= 0.6 is 22.7 Å². The Balaban J connectivity index is 2.26. The molecule has 4 nitrogen and oxygen atoms in total. The fourth-order valence-electron chi connectivity index (χ4n) is 0.954. The van der Waals surface area contributed by atoms with E-state index in [2.05, 4.69) is 27.4 Å². The van der Waals surface area contributed by atoms with Crippen LogP contribution in [-0.4, -0.2) is 22.2 Å². The zero-order valence-corrected chi connectivity index (χ0v) is 9.52. The van der Waals surface area contributed by atoms with Crippen LogP contribution in [-0.2, 0) is 0 Å². The van der Waals surface area contributed by atoms with Crippen LogP contribution in [0.15, 0.2) is 11.7 Å². The molecule has 0 radical (unpaired) electrons. The van der Waals surface area contributed by atoms with Crippen molar-refractivity contribution >= 4 is 22.7 Å². The van der Waals surface area contributed by atoms with Gasteiger partial charge in [0.2, 0.25) is 0 Å². The lowest BCUT2D eigenvalue weighted by Gasteiger charge is -2.02. The van der Waals surface area contributed by atoms with Crippen LogP contribution in [0.5, 0.6) is 0 Å². The van der Waals surface area contributed by atoms with E-state index in [1.165, 1.54) is 0 Å². The first-order valence-electron chi connectivity index (χ1n) is 4.21. The molecular formula is C8H10N4S2. The normalized spacial score (nSPS) is 13.0. The molecule has 0 bridgehead atoms. The zero-order chi connectivity index (χ0) is 9.97. The van der Waals surface area contributed by atoms with Crippen molar-refractivity contribution in [1.82, 2.24) is 20.5 Å². The molecule has 0 saturated carbocycles. The molecule has 74 valence electrons. The summed E-state index contributed by atoms with van der Waals surface area (Å²) < 4.78 is 0. The predicted molar refractivity (Wildman–Crippen MR) is 58.5 cm³/mol. The molecule has 0 fully saturated rings. The standard InChI is InChI=1S/C8H10N4S2/c1-5(9-2)7-11-12-8(14-7)6-3-10-4-13-6/h3-5,9H,1-2H3. The number of nitrogens with zero attached hydrogens (tertiary/aromatic N) is 3. The molecule has 6 heteroatoms. The lowest BCUT2D eigenvalue weighted by Crippen LogP contribution is -2.11. The topological polar surface area (TPSA) is 50.7 Å². The van der Waals surface area contributed by atoms with Crippen LogP contribution in [0, 0.1) is 0 Å². The van der Waals surface area contributed by atoms with Gasteiger partial charge >= 0.3 is 0 Å². The smallest absolute Gasteiger partial charge is 0.159 e. The third-order valence-corrected chi connectivity index (χ3v) is 3.94. The van der Waals surface area contributed by atoms with Crippen molar-refractivity contribution in [3.8, 4) is 9.88 Å². The summed E-state index contributed by atoms with van der Waals surface area (Å²) in [5.41, 5.74) is 1.80. The van der Waals surface area contributed by atoms with Gasteiger partial charge in [-0.05, 0) is 14.0 Å². The van der Waals surface area contributed by atoms with E-state index in [1.54, 1.807) is 28.2 Å². The zero-order valence-electron chi connectivity index (χ0n) is 7.89. The number of nitrogens with one attached hydrogen (secondary N) is 1. The fourth-order valence-corrected chi connectivity index (χ4v) is 2.53. The largest absolute Gasteiger partial charge is 0.311 e. The van der Waals surface area contributed by atoms with Gasteiger partial charge in [-0.2, -0.15) is 0 Å². The van der Waals surface area contributed by atoms with E-state index < -0.39 is 0 Å².